The summed E-state index contributed by atoms with van der Waals surface area (Å²) >= 11 is 0. The van der Waals surface area contributed by atoms with Crippen molar-refractivity contribution in [1.82, 2.24) is 19.6 Å². The molecule has 2 aromatic carbocycles. The molecule has 1 saturated heterocycles. The topological polar surface area (TPSA) is 108 Å². The van der Waals surface area contributed by atoms with Gasteiger partial charge in [0, 0.05) is 36.2 Å². The number of anilines is 4. The van der Waals surface area contributed by atoms with Gasteiger partial charge in [-0.05, 0) is 81.7 Å². The van der Waals surface area contributed by atoms with Crippen molar-refractivity contribution >= 4 is 33.2 Å². The van der Waals surface area contributed by atoms with Gasteiger partial charge in [-0.1, -0.05) is 19.4 Å². The number of nitrogens with zero attached hydrogens (tertiary/aromatic N) is 3. The number of ether oxygens (including phenoxy) is 1. The summed E-state index contributed by atoms with van der Waals surface area (Å²) in [6.07, 6.45) is 6.00. The lowest BCUT2D eigenvalue weighted by atomic mass is 10.3. The van der Waals surface area contributed by atoms with Crippen LogP contribution in [0.15, 0.2) is 59.6 Å². The number of hydrogen-bond donors (Lipinski definition) is 3. The van der Waals surface area contributed by atoms with Gasteiger partial charge in [-0.2, -0.15) is 4.98 Å². The molecule has 1 aromatic heterocycles. The van der Waals surface area contributed by atoms with E-state index >= 15 is 0 Å². The summed E-state index contributed by atoms with van der Waals surface area (Å²) in [4.78, 5) is 11.6. The zero-order valence-corrected chi connectivity index (χ0v) is 22.4. The summed E-state index contributed by atoms with van der Waals surface area (Å²) in [6, 6.07) is 14.4. The Morgan fingerprint density at radius 3 is 2.57 bits per heavy atom. The highest BCUT2D eigenvalue weighted by molar-refractivity contribution is 7.89. The highest BCUT2D eigenvalue weighted by atomic mass is 32.2. The molecule has 1 fully saturated rings. The number of unbranched alkanes of at least 4 members (excludes halogenated alkanes) is 1. The Balaban J connectivity index is 1.37. The van der Waals surface area contributed by atoms with Gasteiger partial charge >= 0.3 is 0 Å². The molecule has 10 heteroatoms. The van der Waals surface area contributed by atoms with E-state index in [1.807, 2.05) is 44.2 Å². The molecule has 0 spiro atoms. The lowest BCUT2D eigenvalue weighted by Crippen LogP contribution is -2.25. The second-order valence-electron chi connectivity index (χ2n) is 9.18. The highest BCUT2D eigenvalue weighted by Gasteiger charge is 2.14. The van der Waals surface area contributed by atoms with E-state index in [4.69, 9.17) is 4.74 Å². The van der Waals surface area contributed by atoms with Crippen LogP contribution < -0.4 is 20.1 Å². The van der Waals surface area contributed by atoms with Crippen LogP contribution in [0.25, 0.3) is 0 Å². The van der Waals surface area contributed by atoms with Crippen molar-refractivity contribution in [2.75, 3.05) is 43.4 Å². The maximum absolute atomic E-state index is 12.6. The third-order valence-corrected chi connectivity index (χ3v) is 7.65. The lowest BCUT2D eigenvalue weighted by Gasteiger charge is -2.15. The van der Waals surface area contributed by atoms with Crippen LogP contribution in [0.4, 0.5) is 23.1 Å². The van der Waals surface area contributed by atoms with E-state index in [0.29, 0.717) is 30.6 Å². The molecular weight excluding hydrogens is 488 g/mol. The van der Waals surface area contributed by atoms with E-state index in [9.17, 15) is 8.42 Å². The molecule has 0 saturated carbocycles. The molecule has 1 aliphatic rings. The average Bonchev–Trinajstić information content (AvgIpc) is 3.41. The lowest BCUT2D eigenvalue weighted by molar-refractivity contribution is 0.238. The number of aromatic nitrogens is 2. The molecule has 9 nitrogen and oxygen atoms in total. The first-order chi connectivity index (χ1) is 17.9. The van der Waals surface area contributed by atoms with Crippen molar-refractivity contribution in [3.63, 3.8) is 0 Å². The average molecular weight is 525 g/mol. The van der Waals surface area contributed by atoms with Gasteiger partial charge < -0.3 is 15.4 Å². The van der Waals surface area contributed by atoms with Gasteiger partial charge in [0.15, 0.2) is 0 Å². The Hall–Kier alpha value is -3.21. The van der Waals surface area contributed by atoms with Crippen LogP contribution >= 0.6 is 0 Å². The standard InChI is InChI=1S/C27H36N6O3S/c1-3-4-14-29-37(34,35)25-9-7-8-23(19-25)30-26-21(2)20-28-27(32-26)31-22-10-12-24(13-11-22)36-18-17-33-15-5-6-16-33/h7-13,19-20,29H,3-6,14-18H2,1-2H3,(H2,28,30,31,32). The van der Waals surface area contributed by atoms with Crippen LogP contribution in [0.3, 0.4) is 0 Å². The van der Waals surface area contributed by atoms with E-state index in [0.717, 1.165) is 36.4 Å². The van der Waals surface area contributed by atoms with Crippen molar-refractivity contribution < 1.29 is 13.2 Å². The Kier molecular flexibility index (Phi) is 9.32. The molecule has 3 aromatic rings. The van der Waals surface area contributed by atoms with Crippen LogP contribution in [0.1, 0.15) is 38.2 Å². The number of hydrogen-bond acceptors (Lipinski definition) is 8. The number of nitrogens with one attached hydrogen (secondary N) is 3. The van der Waals surface area contributed by atoms with Gasteiger partial charge in [0.1, 0.15) is 18.2 Å². The van der Waals surface area contributed by atoms with E-state index < -0.39 is 10.0 Å². The maximum Gasteiger partial charge on any atom is 0.240 e. The van der Waals surface area contributed by atoms with Gasteiger partial charge in [-0.15, -0.1) is 0 Å². The Morgan fingerprint density at radius 1 is 1.03 bits per heavy atom. The number of rotatable bonds is 13. The van der Waals surface area contributed by atoms with Crippen LogP contribution in [0.5, 0.6) is 5.75 Å². The fraction of sp³-hybridized carbons (Fsp3) is 0.407. The molecule has 37 heavy (non-hydrogen) atoms. The van der Waals surface area contributed by atoms with Gasteiger partial charge in [-0.3, -0.25) is 4.90 Å². The Bertz CT molecular complexity index is 1260. The molecule has 198 valence electrons. The number of benzene rings is 2. The molecule has 0 radical (unpaired) electrons. The van der Waals surface area contributed by atoms with Crippen molar-refractivity contribution in [2.24, 2.45) is 0 Å². The minimum absolute atomic E-state index is 0.210. The normalized spacial score (nSPS) is 14.0. The zero-order valence-electron chi connectivity index (χ0n) is 21.5. The third-order valence-electron chi connectivity index (χ3n) is 6.19. The monoisotopic (exact) mass is 524 g/mol. The minimum Gasteiger partial charge on any atom is -0.492 e. The first-order valence-electron chi connectivity index (χ1n) is 12.9. The van der Waals surface area contributed by atoms with Crippen LogP contribution in [-0.2, 0) is 10.0 Å². The summed E-state index contributed by atoms with van der Waals surface area (Å²) in [5.74, 6) is 1.85. The number of sulfonamides is 1. The number of likely N-dealkylation sites (tertiary alicyclic amines) is 1. The fourth-order valence-corrected chi connectivity index (χ4v) is 5.16. The van der Waals surface area contributed by atoms with Crippen molar-refractivity contribution in [3.8, 4) is 5.75 Å². The second kappa shape index (κ2) is 12.8. The highest BCUT2D eigenvalue weighted by Crippen LogP contribution is 2.24. The molecule has 0 bridgehead atoms. The predicted molar refractivity (Wildman–Crippen MR) is 147 cm³/mol. The molecule has 0 amide bonds. The molecule has 1 aliphatic heterocycles. The van der Waals surface area contributed by atoms with E-state index in [2.05, 4.69) is 30.2 Å². The largest absolute Gasteiger partial charge is 0.492 e. The van der Waals surface area contributed by atoms with E-state index in [-0.39, 0.29) is 4.90 Å². The first-order valence-corrected chi connectivity index (χ1v) is 14.3. The summed E-state index contributed by atoms with van der Waals surface area (Å²) in [7, 11) is -3.57. The van der Waals surface area contributed by atoms with Gasteiger partial charge in [-0.25, -0.2) is 18.1 Å². The first kappa shape index (κ1) is 26.8. The Labute approximate surface area is 219 Å². The van der Waals surface area contributed by atoms with Crippen molar-refractivity contribution in [2.45, 2.75) is 44.4 Å². The molecule has 0 unspecified atom stereocenters. The van der Waals surface area contributed by atoms with Crippen molar-refractivity contribution in [3.05, 3.63) is 60.3 Å². The molecule has 3 N–H and O–H groups in total. The SMILES string of the molecule is CCCCNS(=O)(=O)c1cccc(Nc2nc(Nc3ccc(OCCN4CCCC4)cc3)ncc2C)c1. The van der Waals surface area contributed by atoms with Crippen molar-refractivity contribution in [1.29, 1.82) is 0 Å². The molecule has 0 aliphatic carbocycles. The summed E-state index contributed by atoms with van der Waals surface area (Å²) in [5, 5.41) is 6.44. The van der Waals surface area contributed by atoms with Crippen LogP contribution in [-0.4, -0.2) is 56.1 Å². The van der Waals surface area contributed by atoms with E-state index in [1.165, 1.54) is 25.9 Å². The zero-order chi connectivity index (χ0) is 26.1. The third kappa shape index (κ3) is 7.88. The van der Waals surface area contributed by atoms with Gasteiger partial charge in [0.25, 0.3) is 0 Å². The van der Waals surface area contributed by atoms with Gasteiger partial charge in [0.05, 0.1) is 4.90 Å². The molecule has 0 atom stereocenters. The van der Waals surface area contributed by atoms with Gasteiger partial charge in [0.2, 0.25) is 16.0 Å². The fourth-order valence-electron chi connectivity index (χ4n) is 4.04. The predicted octanol–water partition coefficient (Wildman–Crippen LogP) is 4.83. The Morgan fingerprint density at radius 2 is 1.81 bits per heavy atom. The summed E-state index contributed by atoms with van der Waals surface area (Å²) < 4.78 is 33.7. The molecule has 2 heterocycles. The van der Waals surface area contributed by atoms with Crippen LogP contribution in [0, 0.1) is 6.92 Å². The van der Waals surface area contributed by atoms with E-state index in [1.54, 1.807) is 24.4 Å². The smallest absolute Gasteiger partial charge is 0.240 e. The quantitative estimate of drug-likeness (QED) is 0.273. The maximum atomic E-state index is 12.6. The second-order valence-corrected chi connectivity index (χ2v) is 10.9. The number of aryl methyl sites for hydroxylation is 1. The molecular formula is C27H36N6O3S. The molecule has 4 rings (SSSR count). The minimum atomic E-state index is -3.57. The summed E-state index contributed by atoms with van der Waals surface area (Å²) in [6.45, 7) is 8.31. The van der Waals surface area contributed by atoms with Crippen LogP contribution in [0.2, 0.25) is 0 Å². The summed E-state index contributed by atoms with van der Waals surface area (Å²) in [5.41, 5.74) is 2.30.